The quantitative estimate of drug-likeness (QED) is 0.764. The SMILES string of the molecule is COc1cccc(CC(=O)N2C[C@H]3CCC[C@H](OCC(=O)N(C)C)[C@H]3C2)c1. The minimum atomic E-state index is -0.0129. The van der Waals surface area contributed by atoms with E-state index in [1.165, 1.54) is 0 Å². The summed E-state index contributed by atoms with van der Waals surface area (Å²) in [4.78, 5) is 28.2. The molecule has 3 rings (SSSR count). The van der Waals surface area contributed by atoms with Crippen LogP contribution in [-0.2, 0) is 20.7 Å². The highest BCUT2D eigenvalue weighted by Gasteiger charge is 2.42. The van der Waals surface area contributed by atoms with Gasteiger partial charge < -0.3 is 19.3 Å². The molecule has 1 heterocycles. The number of nitrogens with zero attached hydrogens (tertiary/aromatic N) is 2. The number of hydrogen-bond donors (Lipinski definition) is 0. The molecule has 0 bridgehead atoms. The second-order valence-electron chi connectivity index (χ2n) is 7.82. The molecule has 2 amide bonds. The number of likely N-dealkylation sites (tertiary alicyclic amines) is 1. The van der Waals surface area contributed by atoms with E-state index in [2.05, 4.69) is 0 Å². The Morgan fingerprint density at radius 2 is 2.04 bits per heavy atom. The van der Waals surface area contributed by atoms with Crippen LogP contribution in [0.3, 0.4) is 0 Å². The van der Waals surface area contributed by atoms with Gasteiger partial charge in [-0.1, -0.05) is 18.6 Å². The Morgan fingerprint density at radius 3 is 2.78 bits per heavy atom. The fourth-order valence-electron chi connectivity index (χ4n) is 4.21. The second kappa shape index (κ2) is 8.74. The van der Waals surface area contributed by atoms with Crippen LogP contribution in [0.2, 0.25) is 0 Å². The standard InChI is InChI=1S/C21H30N2O4/c1-22(2)21(25)14-27-19-9-5-7-16-12-23(13-18(16)19)20(24)11-15-6-4-8-17(10-15)26-3/h4,6,8,10,16,18-19H,5,7,9,11-14H2,1-3H3/t16-,18+,19+/m1/s1. The third-order valence-electron chi connectivity index (χ3n) is 5.79. The summed E-state index contributed by atoms with van der Waals surface area (Å²) in [5, 5.41) is 0. The lowest BCUT2D eigenvalue weighted by Gasteiger charge is -2.32. The van der Waals surface area contributed by atoms with Gasteiger partial charge in [0.25, 0.3) is 0 Å². The van der Waals surface area contributed by atoms with Crippen molar-refractivity contribution in [3.8, 4) is 5.75 Å². The fraction of sp³-hybridized carbons (Fsp3) is 0.619. The van der Waals surface area contributed by atoms with E-state index >= 15 is 0 Å². The third kappa shape index (κ3) is 4.80. The maximum Gasteiger partial charge on any atom is 0.248 e. The maximum atomic E-state index is 12.8. The summed E-state index contributed by atoms with van der Waals surface area (Å²) in [5.41, 5.74) is 0.971. The van der Waals surface area contributed by atoms with Crippen molar-refractivity contribution >= 4 is 11.8 Å². The van der Waals surface area contributed by atoms with Crippen LogP contribution in [0, 0.1) is 11.8 Å². The van der Waals surface area contributed by atoms with E-state index < -0.39 is 0 Å². The Balaban J connectivity index is 1.58. The lowest BCUT2D eigenvalue weighted by Crippen LogP contribution is -2.37. The zero-order valence-corrected chi connectivity index (χ0v) is 16.5. The van der Waals surface area contributed by atoms with Crippen molar-refractivity contribution in [1.82, 2.24) is 9.80 Å². The van der Waals surface area contributed by atoms with Crippen molar-refractivity contribution in [1.29, 1.82) is 0 Å². The van der Waals surface area contributed by atoms with Crippen molar-refractivity contribution in [3.05, 3.63) is 29.8 Å². The van der Waals surface area contributed by atoms with Gasteiger partial charge in [0.1, 0.15) is 12.4 Å². The van der Waals surface area contributed by atoms with E-state index in [4.69, 9.17) is 9.47 Å². The summed E-state index contributed by atoms with van der Waals surface area (Å²) in [6, 6.07) is 7.67. The van der Waals surface area contributed by atoms with E-state index in [1.54, 1.807) is 26.1 Å². The maximum absolute atomic E-state index is 12.8. The van der Waals surface area contributed by atoms with Crippen LogP contribution in [0.25, 0.3) is 0 Å². The largest absolute Gasteiger partial charge is 0.497 e. The predicted molar refractivity (Wildman–Crippen MR) is 103 cm³/mol. The lowest BCUT2D eigenvalue weighted by atomic mass is 9.79. The van der Waals surface area contributed by atoms with Gasteiger partial charge in [0, 0.05) is 33.1 Å². The summed E-state index contributed by atoms with van der Waals surface area (Å²) in [5.74, 6) is 1.73. The molecule has 2 aliphatic rings. The van der Waals surface area contributed by atoms with Crippen molar-refractivity contribution in [3.63, 3.8) is 0 Å². The Labute approximate surface area is 161 Å². The number of carbonyl (C=O) groups is 2. The van der Waals surface area contributed by atoms with Gasteiger partial charge in [0.15, 0.2) is 0 Å². The Kier molecular flexibility index (Phi) is 6.37. The van der Waals surface area contributed by atoms with Crippen LogP contribution in [0.4, 0.5) is 0 Å². The van der Waals surface area contributed by atoms with Crippen LogP contribution in [0.15, 0.2) is 24.3 Å². The number of likely N-dealkylation sites (N-methyl/N-ethyl adjacent to an activating group) is 1. The minimum absolute atomic E-state index is 0.0129. The molecule has 6 heteroatoms. The molecule has 27 heavy (non-hydrogen) atoms. The molecule has 0 spiro atoms. The Bertz CT molecular complexity index is 676. The molecular formula is C21H30N2O4. The van der Waals surface area contributed by atoms with E-state index in [0.717, 1.165) is 43.7 Å². The minimum Gasteiger partial charge on any atom is -0.497 e. The Morgan fingerprint density at radius 1 is 1.22 bits per heavy atom. The van der Waals surface area contributed by atoms with E-state index in [9.17, 15) is 9.59 Å². The average molecular weight is 374 g/mol. The molecule has 0 N–H and O–H groups in total. The van der Waals surface area contributed by atoms with Gasteiger partial charge >= 0.3 is 0 Å². The zero-order valence-electron chi connectivity index (χ0n) is 16.5. The fourth-order valence-corrected chi connectivity index (χ4v) is 4.21. The third-order valence-corrected chi connectivity index (χ3v) is 5.79. The first-order chi connectivity index (χ1) is 13.0. The molecular weight excluding hydrogens is 344 g/mol. The van der Waals surface area contributed by atoms with Crippen molar-refractivity contribution in [2.75, 3.05) is 40.9 Å². The van der Waals surface area contributed by atoms with Gasteiger partial charge in [-0.25, -0.2) is 0 Å². The van der Waals surface area contributed by atoms with E-state index in [1.807, 2.05) is 29.2 Å². The topological polar surface area (TPSA) is 59.1 Å². The first-order valence-electron chi connectivity index (χ1n) is 9.70. The van der Waals surface area contributed by atoms with Crippen molar-refractivity contribution in [2.24, 2.45) is 11.8 Å². The first-order valence-corrected chi connectivity index (χ1v) is 9.70. The number of hydrogen-bond acceptors (Lipinski definition) is 4. The van der Waals surface area contributed by atoms with Gasteiger partial charge in [-0.15, -0.1) is 0 Å². The summed E-state index contributed by atoms with van der Waals surface area (Å²) in [6.45, 7) is 1.65. The van der Waals surface area contributed by atoms with Gasteiger partial charge in [0.05, 0.1) is 19.6 Å². The summed E-state index contributed by atoms with van der Waals surface area (Å²) < 4.78 is 11.2. The molecule has 0 radical (unpaired) electrons. The number of amides is 2. The summed E-state index contributed by atoms with van der Waals surface area (Å²) >= 11 is 0. The van der Waals surface area contributed by atoms with Crippen LogP contribution in [-0.4, -0.2) is 68.6 Å². The summed E-state index contributed by atoms with van der Waals surface area (Å²) in [7, 11) is 5.11. The molecule has 2 fully saturated rings. The van der Waals surface area contributed by atoms with E-state index in [0.29, 0.717) is 18.3 Å². The monoisotopic (exact) mass is 374 g/mol. The average Bonchev–Trinajstić information content (AvgIpc) is 3.11. The molecule has 1 aromatic rings. The van der Waals surface area contributed by atoms with Crippen LogP contribution < -0.4 is 4.74 Å². The highest BCUT2D eigenvalue weighted by molar-refractivity contribution is 5.79. The van der Waals surface area contributed by atoms with Crippen molar-refractivity contribution in [2.45, 2.75) is 31.8 Å². The van der Waals surface area contributed by atoms with Gasteiger partial charge in [-0.05, 0) is 36.5 Å². The summed E-state index contributed by atoms with van der Waals surface area (Å²) in [6.07, 6.45) is 3.66. The first kappa shape index (κ1) is 19.7. The van der Waals surface area contributed by atoms with Gasteiger partial charge in [0.2, 0.25) is 11.8 Å². The highest BCUT2D eigenvalue weighted by atomic mass is 16.5. The highest BCUT2D eigenvalue weighted by Crippen LogP contribution is 2.38. The smallest absolute Gasteiger partial charge is 0.248 e. The second-order valence-corrected chi connectivity index (χ2v) is 7.82. The number of benzene rings is 1. The molecule has 1 aromatic carbocycles. The molecule has 0 aromatic heterocycles. The van der Waals surface area contributed by atoms with Crippen LogP contribution >= 0.6 is 0 Å². The number of fused-ring (bicyclic) bond motifs is 1. The molecule has 6 nitrogen and oxygen atoms in total. The van der Waals surface area contributed by atoms with Crippen LogP contribution in [0.1, 0.15) is 24.8 Å². The predicted octanol–water partition coefficient (Wildman–Crippen LogP) is 1.97. The number of carbonyl (C=O) groups excluding carboxylic acids is 2. The van der Waals surface area contributed by atoms with Gasteiger partial charge in [-0.2, -0.15) is 0 Å². The van der Waals surface area contributed by atoms with E-state index in [-0.39, 0.29) is 24.5 Å². The molecule has 148 valence electrons. The molecule has 1 aliphatic heterocycles. The lowest BCUT2D eigenvalue weighted by molar-refractivity contribution is -0.138. The molecule has 1 aliphatic carbocycles. The normalized spacial score (nSPS) is 24.4. The van der Waals surface area contributed by atoms with Gasteiger partial charge in [-0.3, -0.25) is 9.59 Å². The zero-order chi connectivity index (χ0) is 19.4. The molecule has 1 saturated carbocycles. The van der Waals surface area contributed by atoms with Crippen LogP contribution in [0.5, 0.6) is 5.75 Å². The van der Waals surface area contributed by atoms with Crippen molar-refractivity contribution < 1.29 is 19.1 Å². The Hall–Kier alpha value is -2.08. The molecule has 0 unspecified atom stereocenters. The number of methoxy groups -OCH3 is 1. The molecule has 1 saturated heterocycles. The molecule has 3 atom stereocenters. The number of ether oxygens (including phenoxy) is 2. The number of rotatable bonds is 6.